The Morgan fingerprint density at radius 2 is 2.06 bits per heavy atom. The van der Waals surface area contributed by atoms with Crippen molar-refractivity contribution in [3.05, 3.63) is 48.0 Å². The van der Waals surface area contributed by atoms with E-state index < -0.39 is 0 Å². The molecule has 18 heavy (non-hydrogen) atoms. The molecule has 0 aliphatic rings. The standard InChI is InChI=1S/C12H8Br2ClNOS/c1-6-2-3-7(15)4-9(6)16-12(17)10-5-8(13)11(14)18-10/h2-5H,1H3,(H,16,17). The van der Waals surface area contributed by atoms with Gasteiger partial charge in [-0.1, -0.05) is 17.7 Å². The molecule has 0 saturated heterocycles. The first-order valence-electron chi connectivity index (χ1n) is 4.99. The second-order valence-electron chi connectivity index (χ2n) is 3.65. The van der Waals surface area contributed by atoms with E-state index in [0.29, 0.717) is 9.90 Å². The number of aryl methyl sites for hydroxylation is 1. The number of benzene rings is 1. The first kappa shape index (κ1) is 14.1. The van der Waals surface area contributed by atoms with Crippen LogP contribution < -0.4 is 5.32 Å². The van der Waals surface area contributed by atoms with Crippen molar-refractivity contribution >= 4 is 66.4 Å². The Bertz CT molecular complexity index is 593. The number of amides is 1. The lowest BCUT2D eigenvalue weighted by Crippen LogP contribution is -2.11. The molecule has 0 bridgehead atoms. The fourth-order valence-electron chi connectivity index (χ4n) is 1.37. The van der Waals surface area contributed by atoms with E-state index in [-0.39, 0.29) is 5.91 Å². The average Bonchev–Trinajstić information content (AvgIpc) is 2.64. The summed E-state index contributed by atoms with van der Waals surface area (Å²) in [5, 5.41) is 3.45. The van der Waals surface area contributed by atoms with Crippen molar-refractivity contribution in [2.75, 3.05) is 5.32 Å². The minimum Gasteiger partial charge on any atom is -0.321 e. The van der Waals surface area contributed by atoms with Crippen LogP contribution in [0.25, 0.3) is 0 Å². The SMILES string of the molecule is Cc1ccc(Cl)cc1NC(=O)c1cc(Br)c(Br)s1. The van der Waals surface area contributed by atoms with Crippen molar-refractivity contribution in [1.82, 2.24) is 0 Å². The number of carbonyl (C=O) groups excluding carboxylic acids is 1. The van der Waals surface area contributed by atoms with Crippen molar-refractivity contribution in [2.45, 2.75) is 6.92 Å². The van der Waals surface area contributed by atoms with Gasteiger partial charge in [-0.3, -0.25) is 4.79 Å². The van der Waals surface area contributed by atoms with Crippen molar-refractivity contribution < 1.29 is 4.79 Å². The van der Waals surface area contributed by atoms with Crippen LogP contribution in [-0.2, 0) is 0 Å². The highest BCUT2D eigenvalue weighted by Crippen LogP contribution is 2.33. The van der Waals surface area contributed by atoms with Crippen LogP contribution in [0.1, 0.15) is 15.2 Å². The lowest BCUT2D eigenvalue weighted by molar-refractivity contribution is 0.103. The largest absolute Gasteiger partial charge is 0.321 e. The van der Waals surface area contributed by atoms with Gasteiger partial charge in [0, 0.05) is 15.2 Å². The van der Waals surface area contributed by atoms with Crippen molar-refractivity contribution in [2.24, 2.45) is 0 Å². The Morgan fingerprint density at radius 1 is 1.33 bits per heavy atom. The van der Waals surface area contributed by atoms with E-state index >= 15 is 0 Å². The molecule has 6 heteroatoms. The van der Waals surface area contributed by atoms with Crippen LogP contribution in [0.2, 0.25) is 5.02 Å². The third kappa shape index (κ3) is 3.15. The number of anilines is 1. The van der Waals surface area contributed by atoms with Gasteiger partial charge in [-0.05, 0) is 62.5 Å². The van der Waals surface area contributed by atoms with Crippen LogP contribution in [0, 0.1) is 6.92 Å². The van der Waals surface area contributed by atoms with Gasteiger partial charge in [-0.2, -0.15) is 0 Å². The predicted molar refractivity (Wildman–Crippen MR) is 83.9 cm³/mol. The van der Waals surface area contributed by atoms with Crippen LogP contribution in [-0.4, -0.2) is 5.91 Å². The summed E-state index contributed by atoms with van der Waals surface area (Å²) in [5.74, 6) is -0.142. The van der Waals surface area contributed by atoms with E-state index in [0.717, 1.165) is 19.5 Å². The van der Waals surface area contributed by atoms with Gasteiger partial charge in [-0.15, -0.1) is 11.3 Å². The molecule has 94 valence electrons. The lowest BCUT2D eigenvalue weighted by Gasteiger charge is -2.07. The number of nitrogens with one attached hydrogen (secondary N) is 1. The molecule has 0 atom stereocenters. The molecule has 0 saturated carbocycles. The van der Waals surface area contributed by atoms with E-state index in [2.05, 4.69) is 37.2 Å². The summed E-state index contributed by atoms with van der Waals surface area (Å²) in [6, 6.07) is 7.19. The smallest absolute Gasteiger partial charge is 0.265 e. The number of rotatable bonds is 2. The molecule has 1 N–H and O–H groups in total. The van der Waals surface area contributed by atoms with Crippen molar-refractivity contribution in [1.29, 1.82) is 0 Å². The topological polar surface area (TPSA) is 29.1 Å². The van der Waals surface area contributed by atoms with E-state index in [1.54, 1.807) is 18.2 Å². The Hall–Kier alpha value is -0.360. The highest BCUT2D eigenvalue weighted by atomic mass is 79.9. The molecule has 2 rings (SSSR count). The second-order valence-corrected chi connectivity index (χ2v) is 7.31. The number of hydrogen-bond donors (Lipinski definition) is 1. The van der Waals surface area contributed by atoms with Gasteiger partial charge in [0.25, 0.3) is 5.91 Å². The molecule has 0 spiro atoms. The lowest BCUT2D eigenvalue weighted by atomic mass is 10.2. The number of carbonyl (C=O) groups is 1. The van der Waals surface area contributed by atoms with Gasteiger partial charge in [0.1, 0.15) is 0 Å². The van der Waals surface area contributed by atoms with Crippen LogP contribution in [0.15, 0.2) is 32.5 Å². The van der Waals surface area contributed by atoms with Crippen LogP contribution >= 0.6 is 54.8 Å². The number of hydrogen-bond acceptors (Lipinski definition) is 2. The molecule has 0 aliphatic heterocycles. The first-order valence-corrected chi connectivity index (χ1v) is 7.78. The summed E-state index contributed by atoms with van der Waals surface area (Å²) in [5.41, 5.74) is 1.70. The molecule has 2 aromatic rings. The molecule has 0 radical (unpaired) electrons. The zero-order valence-corrected chi connectivity index (χ0v) is 14.0. The van der Waals surface area contributed by atoms with Gasteiger partial charge < -0.3 is 5.32 Å². The Labute approximate surface area is 131 Å². The van der Waals surface area contributed by atoms with E-state index in [1.165, 1.54) is 11.3 Å². The third-order valence-electron chi connectivity index (χ3n) is 2.32. The van der Waals surface area contributed by atoms with E-state index in [9.17, 15) is 4.79 Å². The first-order chi connectivity index (χ1) is 8.47. The molecule has 1 amide bonds. The maximum absolute atomic E-state index is 12.1. The molecular weight excluding hydrogens is 401 g/mol. The zero-order valence-electron chi connectivity index (χ0n) is 9.26. The predicted octanol–water partition coefficient (Wildman–Crippen LogP) is 5.49. The molecule has 2 nitrogen and oxygen atoms in total. The highest BCUT2D eigenvalue weighted by Gasteiger charge is 2.13. The van der Waals surface area contributed by atoms with Gasteiger partial charge in [0.15, 0.2) is 0 Å². The number of thiophene rings is 1. The van der Waals surface area contributed by atoms with Gasteiger partial charge in [0.05, 0.1) is 8.66 Å². The quantitative estimate of drug-likeness (QED) is 0.698. The van der Waals surface area contributed by atoms with Gasteiger partial charge in [-0.25, -0.2) is 0 Å². The maximum Gasteiger partial charge on any atom is 0.265 e. The minimum atomic E-state index is -0.142. The fourth-order valence-corrected chi connectivity index (χ4v) is 3.47. The molecule has 0 unspecified atom stereocenters. The molecule has 1 aromatic heterocycles. The van der Waals surface area contributed by atoms with Gasteiger partial charge >= 0.3 is 0 Å². The molecular formula is C12H8Br2ClNOS. The van der Waals surface area contributed by atoms with Crippen LogP contribution in [0.4, 0.5) is 5.69 Å². The fraction of sp³-hybridized carbons (Fsp3) is 0.0833. The number of halogens is 3. The Kier molecular flexibility index (Phi) is 4.48. The Morgan fingerprint density at radius 3 is 2.67 bits per heavy atom. The highest BCUT2D eigenvalue weighted by molar-refractivity contribution is 9.13. The van der Waals surface area contributed by atoms with E-state index in [4.69, 9.17) is 11.6 Å². The summed E-state index contributed by atoms with van der Waals surface area (Å²) in [6.07, 6.45) is 0. The minimum absolute atomic E-state index is 0.142. The normalized spacial score (nSPS) is 10.4. The average molecular weight is 410 g/mol. The van der Waals surface area contributed by atoms with Crippen molar-refractivity contribution in [3.63, 3.8) is 0 Å². The van der Waals surface area contributed by atoms with E-state index in [1.807, 2.05) is 13.0 Å². The summed E-state index contributed by atoms with van der Waals surface area (Å²) < 4.78 is 1.77. The van der Waals surface area contributed by atoms with Crippen molar-refractivity contribution in [3.8, 4) is 0 Å². The third-order valence-corrected chi connectivity index (χ3v) is 5.81. The molecule has 0 aliphatic carbocycles. The van der Waals surface area contributed by atoms with Crippen LogP contribution in [0.5, 0.6) is 0 Å². The molecule has 1 aromatic carbocycles. The Balaban J connectivity index is 2.23. The van der Waals surface area contributed by atoms with Gasteiger partial charge in [0.2, 0.25) is 0 Å². The zero-order chi connectivity index (χ0) is 13.3. The summed E-state index contributed by atoms with van der Waals surface area (Å²) >= 11 is 14.0. The molecule has 1 heterocycles. The van der Waals surface area contributed by atoms with Crippen LogP contribution in [0.3, 0.4) is 0 Å². The second kappa shape index (κ2) is 5.74. The summed E-state index contributed by atoms with van der Waals surface area (Å²) in [4.78, 5) is 12.7. The summed E-state index contributed by atoms with van der Waals surface area (Å²) in [7, 11) is 0. The summed E-state index contributed by atoms with van der Waals surface area (Å²) in [6.45, 7) is 1.92. The molecule has 0 fully saturated rings. The maximum atomic E-state index is 12.1. The monoisotopic (exact) mass is 407 g/mol.